The quantitative estimate of drug-likeness (QED) is 0.375. The summed E-state index contributed by atoms with van der Waals surface area (Å²) >= 11 is 0. The third kappa shape index (κ3) is 7.51. The maximum absolute atomic E-state index is 13.7. The Morgan fingerprint density at radius 3 is 2.18 bits per heavy atom. The van der Waals surface area contributed by atoms with E-state index >= 15 is 0 Å². The summed E-state index contributed by atoms with van der Waals surface area (Å²) in [7, 11) is 3.21. The Balaban J connectivity index is 1.60. The van der Waals surface area contributed by atoms with Crippen LogP contribution in [0.2, 0.25) is 0 Å². The Kier molecular flexibility index (Phi) is 9.62. The van der Waals surface area contributed by atoms with Crippen LogP contribution in [0.25, 0.3) is 0 Å². The third-order valence-corrected chi connectivity index (χ3v) is 6.88. The van der Waals surface area contributed by atoms with Crippen molar-refractivity contribution >= 4 is 11.8 Å². The number of rotatable bonds is 12. The zero-order chi connectivity index (χ0) is 26.7. The molecule has 1 atom stereocenters. The average molecular weight is 517 g/mol. The molecule has 0 radical (unpaired) electrons. The molecular weight excluding hydrogens is 480 g/mol. The minimum absolute atomic E-state index is 0.138. The molecule has 1 N–H and O–H groups in total. The number of benzene rings is 3. The van der Waals surface area contributed by atoms with Gasteiger partial charge in [-0.3, -0.25) is 9.59 Å². The van der Waals surface area contributed by atoms with Gasteiger partial charge in [0.15, 0.2) is 6.61 Å². The Bertz CT molecular complexity index is 1180. The second kappa shape index (κ2) is 13.5. The van der Waals surface area contributed by atoms with Crippen LogP contribution in [0.15, 0.2) is 78.9 Å². The lowest BCUT2D eigenvalue weighted by Gasteiger charge is -2.32. The summed E-state index contributed by atoms with van der Waals surface area (Å²) in [5.41, 5.74) is 1.85. The van der Waals surface area contributed by atoms with E-state index in [1.807, 2.05) is 54.6 Å². The van der Waals surface area contributed by atoms with Crippen molar-refractivity contribution in [1.29, 1.82) is 0 Å². The van der Waals surface area contributed by atoms with Crippen LogP contribution >= 0.6 is 0 Å². The zero-order valence-electron chi connectivity index (χ0n) is 22.1. The second-order valence-electron chi connectivity index (χ2n) is 9.53. The van der Waals surface area contributed by atoms with E-state index in [1.54, 1.807) is 43.4 Å². The number of carbonyl (C=O) groups excluding carboxylic acids is 2. The molecule has 7 heteroatoms. The summed E-state index contributed by atoms with van der Waals surface area (Å²) in [6.45, 7) is 0.0515. The van der Waals surface area contributed by atoms with Crippen molar-refractivity contribution in [2.45, 2.75) is 50.7 Å². The molecule has 1 aliphatic carbocycles. The molecule has 7 nitrogen and oxygen atoms in total. The second-order valence-corrected chi connectivity index (χ2v) is 9.53. The highest BCUT2D eigenvalue weighted by Crippen LogP contribution is 2.22. The highest BCUT2D eigenvalue weighted by atomic mass is 16.5. The van der Waals surface area contributed by atoms with Crippen LogP contribution in [0, 0.1) is 0 Å². The summed E-state index contributed by atoms with van der Waals surface area (Å²) in [5, 5.41) is 3.22. The van der Waals surface area contributed by atoms with E-state index in [1.165, 1.54) is 0 Å². The van der Waals surface area contributed by atoms with E-state index in [9.17, 15) is 9.59 Å². The number of carbonyl (C=O) groups is 2. The van der Waals surface area contributed by atoms with Crippen LogP contribution in [-0.4, -0.2) is 49.6 Å². The van der Waals surface area contributed by atoms with E-state index < -0.39 is 6.04 Å². The lowest BCUT2D eigenvalue weighted by Crippen LogP contribution is -2.53. The molecule has 38 heavy (non-hydrogen) atoms. The molecule has 1 saturated carbocycles. The van der Waals surface area contributed by atoms with Gasteiger partial charge in [0.2, 0.25) is 5.91 Å². The first kappa shape index (κ1) is 27.0. The van der Waals surface area contributed by atoms with Gasteiger partial charge in [-0.2, -0.15) is 0 Å². The fourth-order valence-electron chi connectivity index (χ4n) is 4.79. The van der Waals surface area contributed by atoms with Crippen LogP contribution in [-0.2, 0) is 22.6 Å². The van der Waals surface area contributed by atoms with E-state index in [-0.39, 0.29) is 31.0 Å². The number of amides is 2. The largest absolute Gasteiger partial charge is 0.497 e. The van der Waals surface area contributed by atoms with Gasteiger partial charge in [0.25, 0.3) is 5.91 Å². The molecule has 4 rings (SSSR count). The van der Waals surface area contributed by atoms with Gasteiger partial charge >= 0.3 is 0 Å². The van der Waals surface area contributed by atoms with Gasteiger partial charge in [0.05, 0.1) is 14.2 Å². The van der Waals surface area contributed by atoms with Crippen molar-refractivity contribution in [3.05, 3.63) is 90.0 Å². The standard InChI is InChI=1S/C31H36N2O5/c1-36-26-15-17-27(18-16-26)38-22-30(34)33(21-24-11-8-14-28(19-24)37-2)29(20-23-9-4-3-5-10-23)31(35)32-25-12-6-7-13-25/h3-5,8-11,14-19,25,29H,6-7,12-13,20-22H2,1-2H3,(H,32,35)/t29-/m0/s1. The van der Waals surface area contributed by atoms with Gasteiger partial charge in [-0.15, -0.1) is 0 Å². The summed E-state index contributed by atoms with van der Waals surface area (Å²) in [5.74, 6) is 1.54. The number of methoxy groups -OCH3 is 2. The smallest absolute Gasteiger partial charge is 0.261 e. The van der Waals surface area contributed by atoms with E-state index in [2.05, 4.69) is 5.32 Å². The Morgan fingerprint density at radius 1 is 0.842 bits per heavy atom. The lowest BCUT2D eigenvalue weighted by atomic mass is 10.0. The minimum atomic E-state index is -0.698. The molecule has 0 unspecified atom stereocenters. The molecule has 0 heterocycles. The molecule has 0 saturated heterocycles. The van der Waals surface area contributed by atoms with Crippen LogP contribution in [0.3, 0.4) is 0 Å². The summed E-state index contributed by atoms with van der Waals surface area (Å²) < 4.78 is 16.4. The maximum atomic E-state index is 13.7. The van der Waals surface area contributed by atoms with Crippen LogP contribution in [0.4, 0.5) is 0 Å². The SMILES string of the molecule is COc1ccc(OCC(=O)N(Cc2cccc(OC)c2)[C@@H](Cc2ccccc2)C(=O)NC2CCCC2)cc1. The Labute approximate surface area is 224 Å². The van der Waals surface area contributed by atoms with Gasteiger partial charge in [-0.05, 0) is 60.4 Å². The number of ether oxygens (including phenoxy) is 3. The molecule has 0 aromatic heterocycles. The van der Waals surface area contributed by atoms with Crippen molar-refractivity contribution < 1.29 is 23.8 Å². The van der Waals surface area contributed by atoms with Crippen molar-refractivity contribution in [3.63, 3.8) is 0 Å². The molecule has 0 bridgehead atoms. The Morgan fingerprint density at radius 2 is 1.50 bits per heavy atom. The van der Waals surface area contributed by atoms with Gasteiger partial charge in [0, 0.05) is 19.0 Å². The maximum Gasteiger partial charge on any atom is 0.261 e. The zero-order valence-corrected chi connectivity index (χ0v) is 22.1. The molecule has 1 fully saturated rings. The summed E-state index contributed by atoms with van der Waals surface area (Å²) in [6.07, 6.45) is 4.55. The Hall–Kier alpha value is -4.00. The molecule has 200 valence electrons. The highest BCUT2D eigenvalue weighted by molar-refractivity contribution is 5.88. The van der Waals surface area contributed by atoms with Crippen LogP contribution in [0.1, 0.15) is 36.8 Å². The van der Waals surface area contributed by atoms with Crippen molar-refractivity contribution in [2.24, 2.45) is 0 Å². The number of hydrogen-bond acceptors (Lipinski definition) is 5. The van der Waals surface area contributed by atoms with Gasteiger partial charge in [-0.25, -0.2) is 0 Å². The fourth-order valence-corrected chi connectivity index (χ4v) is 4.79. The third-order valence-electron chi connectivity index (χ3n) is 6.88. The van der Waals surface area contributed by atoms with Gasteiger partial charge in [-0.1, -0.05) is 55.3 Å². The van der Waals surface area contributed by atoms with Crippen LogP contribution in [0.5, 0.6) is 17.2 Å². The molecule has 2 amide bonds. The average Bonchev–Trinajstić information content (AvgIpc) is 3.47. The molecular formula is C31H36N2O5. The molecule has 3 aromatic rings. The first-order valence-corrected chi connectivity index (χ1v) is 13.1. The summed E-state index contributed by atoms with van der Waals surface area (Å²) in [4.78, 5) is 29.1. The predicted molar refractivity (Wildman–Crippen MR) is 146 cm³/mol. The van der Waals surface area contributed by atoms with E-state index in [0.717, 1.165) is 36.8 Å². The van der Waals surface area contributed by atoms with Gasteiger partial charge < -0.3 is 24.4 Å². The topological polar surface area (TPSA) is 77.1 Å². The first-order chi connectivity index (χ1) is 18.6. The molecule has 1 aliphatic rings. The molecule has 0 aliphatic heterocycles. The monoisotopic (exact) mass is 516 g/mol. The first-order valence-electron chi connectivity index (χ1n) is 13.1. The van der Waals surface area contributed by atoms with Gasteiger partial charge in [0.1, 0.15) is 23.3 Å². The number of nitrogens with zero attached hydrogens (tertiary/aromatic N) is 1. The minimum Gasteiger partial charge on any atom is -0.497 e. The fraction of sp³-hybridized carbons (Fsp3) is 0.355. The predicted octanol–water partition coefficient (Wildman–Crippen LogP) is 4.78. The normalized spacial score (nSPS) is 13.9. The number of nitrogens with one attached hydrogen (secondary N) is 1. The van der Waals surface area contributed by atoms with E-state index in [4.69, 9.17) is 14.2 Å². The highest BCUT2D eigenvalue weighted by Gasteiger charge is 2.32. The molecule has 3 aromatic carbocycles. The molecule has 0 spiro atoms. The van der Waals surface area contributed by atoms with Crippen LogP contribution < -0.4 is 19.5 Å². The summed E-state index contributed by atoms with van der Waals surface area (Å²) in [6, 6.07) is 23.9. The van der Waals surface area contributed by atoms with Crippen molar-refractivity contribution in [1.82, 2.24) is 10.2 Å². The van der Waals surface area contributed by atoms with E-state index in [0.29, 0.717) is 23.7 Å². The van der Waals surface area contributed by atoms with Crippen molar-refractivity contribution in [2.75, 3.05) is 20.8 Å². The number of hydrogen-bond donors (Lipinski definition) is 1. The lowest BCUT2D eigenvalue weighted by molar-refractivity contribution is -0.143. The van der Waals surface area contributed by atoms with Crippen molar-refractivity contribution in [3.8, 4) is 17.2 Å².